The van der Waals surface area contributed by atoms with Gasteiger partial charge in [-0.05, 0) is 28.9 Å². The van der Waals surface area contributed by atoms with E-state index in [9.17, 15) is 9.59 Å². The first-order chi connectivity index (χ1) is 9.40. The van der Waals surface area contributed by atoms with Crippen LogP contribution in [0.2, 0.25) is 0 Å². The van der Waals surface area contributed by atoms with E-state index in [-0.39, 0.29) is 12.2 Å². The van der Waals surface area contributed by atoms with Crippen molar-refractivity contribution >= 4 is 27.7 Å². The van der Waals surface area contributed by atoms with Crippen molar-refractivity contribution in [1.82, 2.24) is 4.57 Å². The number of aryl methyl sites for hydroxylation is 1. The lowest BCUT2D eigenvalue weighted by molar-refractivity contribution is -0.136. The van der Waals surface area contributed by atoms with Crippen LogP contribution in [-0.2, 0) is 18.3 Å². The normalized spacial score (nSPS) is 10.6. The van der Waals surface area contributed by atoms with Gasteiger partial charge in [0.1, 0.15) is 5.69 Å². The maximum atomic E-state index is 12.5. The maximum Gasteiger partial charge on any atom is 0.309 e. The van der Waals surface area contributed by atoms with E-state index < -0.39 is 5.97 Å². The summed E-state index contributed by atoms with van der Waals surface area (Å²) >= 11 is 3.34. The molecule has 1 heterocycles. The average molecular weight is 336 g/mol. The van der Waals surface area contributed by atoms with E-state index >= 15 is 0 Å². The van der Waals surface area contributed by atoms with Crippen LogP contribution in [0.3, 0.4) is 0 Å². The Bertz CT molecular complexity index is 671. The molecular formula is C15H14BrNO3. The van der Waals surface area contributed by atoms with Crippen molar-refractivity contribution in [1.29, 1.82) is 0 Å². The third kappa shape index (κ3) is 2.82. The van der Waals surface area contributed by atoms with E-state index in [0.29, 0.717) is 21.4 Å². The lowest BCUT2D eigenvalue weighted by atomic mass is 10.1. The van der Waals surface area contributed by atoms with E-state index in [2.05, 4.69) is 15.9 Å². The molecule has 0 atom stereocenters. The highest BCUT2D eigenvalue weighted by atomic mass is 79.9. The molecule has 0 aliphatic rings. The van der Waals surface area contributed by atoms with Crippen molar-refractivity contribution in [3.8, 4) is 0 Å². The van der Waals surface area contributed by atoms with Crippen LogP contribution < -0.4 is 0 Å². The highest BCUT2D eigenvalue weighted by Gasteiger charge is 2.20. The zero-order chi connectivity index (χ0) is 14.9. The summed E-state index contributed by atoms with van der Waals surface area (Å²) in [6, 6.07) is 8.97. The molecule has 0 spiro atoms. The summed E-state index contributed by atoms with van der Waals surface area (Å²) in [6.07, 6.45) is -0.115. The van der Waals surface area contributed by atoms with Gasteiger partial charge in [-0.15, -0.1) is 0 Å². The summed E-state index contributed by atoms with van der Waals surface area (Å²) in [5.41, 5.74) is 2.71. The van der Waals surface area contributed by atoms with E-state index in [1.807, 2.05) is 19.1 Å². The third-order valence-electron chi connectivity index (χ3n) is 3.15. The number of nitrogens with zero attached hydrogens (tertiary/aromatic N) is 1. The quantitative estimate of drug-likeness (QED) is 0.874. The molecule has 5 heteroatoms. The van der Waals surface area contributed by atoms with Gasteiger partial charge in [-0.25, -0.2) is 0 Å². The number of hydrogen-bond donors (Lipinski definition) is 1. The predicted octanol–water partition coefficient (Wildman–Crippen LogP) is 2.95. The summed E-state index contributed by atoms with van der Waals surface area (Å²) in [6.45, 7) is 1.96. The number of aliphatic carboxylic acids is 1. The zero-order valence-electron chi connectivity index (χ0n) is 11.2. The van der Waals surface area contributed by atoms with Gasteiger partial charge in [0.05, 0.1) is 6.42 Å². The number of carbonyl (C=O) groups is 2. The van der Waals surface area contributed by atoms with Crippen LogP contribution in [0, 0.1) is 6.92 Å². The number of rotatable bonds is 4. The first-order valence-electron chi connectivity index (χ1n) is 6.07. The fourth-order valence-corrected chi connectivity index (χ4v) is 2.75. The Morgan fingerprint density at radius 2 is 1.85 bits per heavy atom. The van der Waals surface area contributed by atoms with Crippen LogP contribution >= 0.6 is 15.9 Å². The van der Waals surface area contributed by atoms with Gasteiger partial charge in [0, 0.05) is 22.8 Å². The van der Waals surface area contributed by atoms with Crippen molar-refractivity contribution < 1.29 is 14.7 Å². The Morgan fingerprint density at radius 1 is 1.25 bits per heavy atom. The molecule has 1 aromatic heterocycles. The molecular weight excluding hydrogens is 322 g/mol. The number of aromatic nitrogens is 1. The zero-order valence-corrected chi connectivity index (χ0v) is 12.8. The summed E-state index contributed by atoms with van der Waals surface area (Å²) in [7, 11) is 1.70. The first-order valence-corrected chi connectivity index (χ1v) is 6.86. The largest absolute Gasteiger partial charge is 0.481 e. The van der Waals surface area contributed by atoms with E-state index in [0.717, 1.165) is 5.56 Å². The molecule has 0 unspecified atom stereocenters. The SMILES string of the molecule is Cc1ccc(C(=O)c2c(Br)cc(CC(=O)O)n2C)cc1. The fourth-order valence-electron chi connectivity index (χ4n) is 2.04. The molecule has 0 fully saturated rings. The summed E-state index contributed by atoms with van der Waals surface area (Å²) in [4.78, 5) is 23.3. The number of carbonyl (C=O) groups excluding carboxylic acids is 1. The molecule has 104 valence electrons. The number of benzene rings is 1. The van der Waals surface area contributed by atoms with E-state index in [4.69, 9.17) is 5.11 Å². The van der Waals surface area contributed by atoms with Crippen LogP contribution in [0.5, 0.6) is 0 Å². The van der Waals surface area contributed by atoms with Gasteiger partial charge >= 0.3 is 5.97 Å². The monoisotopic (exact) mass is 335 g/mol. The minimum absolute atomic E-state index is 0.115. The minimum atomic E-state index is -0.924. The van der Waals surface area contributed by atoms with Gasteiger partial charge in [0.15, 0.2) is 0 Å². The van der Waals surface area contributed by atoms with Gasteiger partial charge in [-0.2, -0.15) is 0 Å². The predicted molar refractivity (Wildman–Crippen MR) is 79.1 cm³/mol. The molecule has 1 aromatic carbocycles. The molecule has 0 bridgehead atoms. The van der Waals surface area contributed by atoms with Gasteiger partial charge in [0.2, 0.25) is 5.78 Å². The molecule has 0 saturated carbocycles. The Morgan fingerprint density at radius 3 is 2.40 bits per heavy atom. The maximum absolute atomic E-state index is 12.5. The number of ketones is 1. The van der Waals surface area contributed by atoms with E-state index in [1.165, 1.54) is 0 Å². The number of hydrogen-bond acceptors (Lipinski definition) is 2. The number of halogens is 1. The van der Waals surface area contributed by atoms with Gasteiger partial charge in [-0.1, -0.05) is 29.8 Å². The fraction of sp³-hybridized carbons (Fsp3) is 0.200. The summed E-state index contributed by atoms with van der Waals surface area (Å²) in [5, 5.41) is 8.86. The lowest BCUT2D eigenvalue weighted by Crippen LogP contribution is -2.12. The molecule has 0 aliphatic heterocycles. The summed E-state index contributed by atoms with van der Waals surface area (Å²) < 4.78 is 2.24. The second kappa shape index (κ2) is 5.63. The second-order valence-corrected chi connectivity index (χ2v) is 5.51. The van der Waals surface area contributed by atoms with Crippen molar-refractivity contribution in [3.05, 3.63) is 57.3 Å². The van der Waals surface area contributed by atoms with Crippen LogP contribution in [-0.4, -0.2) is 21.4 Å². The molecule has 0 aliphatic carbocycles. The summed E-state index contributed by atoms with van der Waals surface area (Å²) in [5.74, 6) is -1.05. The third-order valence-corrected chi connectivity index (χ3v) is 3.75. The molecule has 20 heavy (non-hydrogen) atoms. The molecule has 4 nitrogen and oxygen atoms in total. The van der Waals surface area contributed by atoms with Crippen LogP contribution in [0.4, 0.5) is 0 Å². The number of carboxylic acids is 1. The molecule has 2 rings (SSSR count). The van der Waals surface area contributed by atoms with E-state index in [1.54, 1.807) is 29.8 Å². The van der Waals surface area contributed by atoms with Gasteiger partial charge < -0.3 is 9.67 Å². The molecule has 0 amide bonds. The smallest absolute Gasteiger partial charge is 0.309 e. The van der Waals surface area contributed by atoms with Crippen molar-refractivity contribution in [2.24, 2.45) is 7.05 Å². The Balaban J connectivity index is 2.42. The number of carboxylic acid groups (broad SMARTS) is 1. The molecule has 0 saturated heterocycles. The minimum Gasteiger partial charge on any atom is -0.481 e. The van der Waals surface area contributed by atoms with Crippen molar-refractivity contribution in [3.63, 3.8) is 0 Å². The van der Waals surface area contributed by atoms with Crippen molar-refractivity contribution in [2.45, 2.75) is 13.3 Å². The van der Waals surface area contributed by atoms with Gasteiger partial charge in [0.25, 0.3) is 0 Å². The van der Waals surface area contributed by atoms with Crippen LogP contribution in [0.15, 0.2) is 34.8 Å². The first kappa shape index (κ1) is 14.5. The Labute approximate surface area is 125 Å². The van der Waals surface area contributed by atoms with Crippen LogP contribution in [0.25, 0.3) is 0 Å². The lowest BCUT2D eigenvalue weighted by Gasteiger charge is -2.07. The standard InChI is InChI=1S/C15H14BrNO3/c1-9-3-5-10(6-4-9)15(20)14-12(16)7-11(17(14)2)8-13(18)19/h3-7H,8H2,1-2H3,(H,18,19). The molecule has 1 N–H and O–H groups in total. The highest BCUT2D eigenvalue weighted by Crippen LogP contribution is 2.24. The topological polar surface area (TPSA) is 59.3 Å². The Kier molecular flexibility index (Phi) is 4.09. The molecule has 2 aromatic rings. The Hall–Kier alpha value is -1.88. The highest BCUT2D eigenvalue weighted by molar-refractivity contribution is 9.10. The van der Waals surface area contributed by atoms with Crippen LogP contribution in [0.1, 0.15) is 27.3 Å². The van der Waals surface area contributed by atoms with Crippen molar-refractivity contribution in [2.75, 3.05) is 0 Å². The second-order valence-electron chi connectivity index (χ2n) is 4.66. The van der Waals surface area contributed by atoms with Gasteiger partial charge in [-0.3, -0.25) is 9.59 Å². The molecule has 0 radical (unpaired) electrons. The average Bonchev–Trinajstić information content (AvgIpc) is 2.64.